The molecule has 9 heavy (non-hydrogen) atoms. The van der Waals surface area contributed by atoms with Crippen LogP contribution in [0, 0.1) is 0 Å². The van der Waals surface area contributed by atoms with Gasteiger partial charge in [-0.15, -0.1) is 11.6 Å². The van der Waals surface area contributed by atoms with Gasteiger partial charge in [-0.05, 0) is 13.8 Å². The average molecular weight is 173 g/mol. The second-order valence-corrected chi connectivity index (χ2v) is 4.69. The summed E-state index contributed by atoms with van der Waals surface area (Å²) in [5, 5.41) is 0. The SMILES string of the molecule is CC(C)(CCl)S(=O)(=O)O. The molecule has 0 bridgehead atoms. The molecule has 0 saturated heterocycles. The first-order valence-electron chi connectivity index (χ1n) is 2.34. The highest BCUT2D eigenvalue weighted by molar-refractivity contribution is 7.87. The lowest BCUT2D eigenvalue weighted by Gasteiger charge is -2.15. The monoisotopic (exact) mass is 172 g/mol. The van der Waals surface area contributed by atoms with Crippen LogP contribution in [-0.2, 0) is 10.1 Å². The summed E-state index contributed by atoms with van der Waals surface area (Å²) in [6.45, 7) is 2.71. The molecule has 0 unspecified atom stereocenters. The Labute approximate surface area is 59.8 Å². The first kappa shape index (κ1) is 9.20. The number of hydrogen-bond donors (Lipinski definition) is 1. The zero-order valence-corrected chi connectivity index (χ0v) is 6.83. The molecule has 3 nitrogen and oxygen atoms in total. The zero-order chi connectivity index (χ0) is 7.71. The van der Waals surface area contributed by atoms with Gasteiger partial charge in [-0.25, -0.2) is 0 Å². The molecule has 5 heteroatoms. The molecule has 0 spiro atoms. The van der Waals surface area contributed by atoms with E-state index >= 15 is 0 Å². The van der Waals surface area contributed by atoms with E-state index in [0.717, 1.165) is 0 Å². The maximum Gasteiger partial charge on any atom is 0.271 e. The summed E-state index contributed by atoms with van der Waals surface area (Å²) in [7, 11) is -3.98. The van der Waals surface area contributed by atoms with Crippen LogP contribution in [0.4, 0.5) is 0 Å². The molecule has 0 radical (unpaired) electrons. The zero-order valence-electron chi connectivity index (χ0n) is 5.26. The van der Waals surface area contributed by atoms with Gasteiger partial charge >= 0.3 is 0 Å². The summed E-state index contributed by atoms with van der Waals surface area (Å²) in [5.41, 5.74) is 0. The van der Waals surface area contributed by atoms with Crippen molar-refractivity contribution in [1.82, 2.24) is 0 Å². The summed E-state index contributed by atoms with van der Waals surface area (Å²) >= 11 is 5.24. The van der Waals surface area contributed by atoms with Gasteiger partial charge in [0.05, 0.1) is 0 Å². The topological polar surface area (TPSA) is 54.4 Å². The third-order valence-electron chi connectivity index (χ3n) is 1.02. The molecule has 0 aliphatic rings. The van der Waals surface area contributed by atoms with Gasteiger partial charge < -0.3 is 0 Å². The van der Waals surface area contributed by atoms with E-state index in [4.69, 9.17) is 16.2 Å². The summed E-state index contributed by atoms with van der Waals surface area (Å²) in [5.74, 6) is -0.105. The van der Waals surface area contributed by atoms with Crippen LogP contribution in [-0.4, -0.2) is 23.6 Å². The first-order chi connectivity index (χ1) is 3.81. The molecule has 56 valence electrons. The van der Waals surface area contributed by atoms with E-state index in [1.54, 1.807) is 0 Å². The van der Waals surface area contributed by atoms with Crippen molar-refractivity contribution in [2.45, 2.75) is 18.6 Å². The lowest BCUT2D eigenvalue weighted by atomic mass is 10.2. The molecule has 1 N–H and O–H groups in total. The molecule has 0 aliphatic heterocycles. The Balaban J connectivity index is 4.56. The van der Waals surface area contributed by atoms with Gasteiger partial charge in [-0.2, -0.15) is 8.42 Å². The minimum atomic E-state index is -3.98. The predicted octanol–water partition coefficient (Wildman–Crippen LogP) is 0.892. The van der Waals surface area contributed by atoms with Gasteiger partial charge in [0.25, 0.3) is 10.1 Å². The van der Waals surface area contributed by atoms with Crippen molar-refractivity contribution < 1.29 is 13.0 Å². The van der Waals surface area contributed by atoms with E-state index in [-0.39, 0.29) is 5.88 Å². The minimum Gasteiger partial charge on any atom is -0.285 e. The van der Waals surface area contributed by atoms with Crippen LogP contribution in [0.5, 0.6) is 0 Å². The smallest absolute Gasteiger partial charge is 0.271 e. The van der Waals surface area contributed by atoms with Crippen molar-refractivity contribution in [3.63, 3.8) is 0 Å². The largest absolute Gasteiger partial charge is 0.285 e. The Morgan fingerprint density at radius 1 is 1.56 bits per heavy atom. The maximum absolute atomic E-state index is 10.4. The quantitative estimate of drug-likeness (QED) is 0.497. The lowest BCUT2D eigenvalue weighted by molar-refractivity contribution is 0.451. The third kappa shape index (κ3) is 2.12. The number of alkyl halides is 1. The van der Waals surface area contributed by atoms with Gasteiger partial charge in [0.1, 0.15) is 4.75 Å². The molecule has 0 amide bonds. The molecule has 0 fully saturated rings. The molecular weight excluding hydrogens is 164 g/mol. The molecule has 0 saturated carbocycles. The van der Waals surface area contributed by atoms with Gasteiger partial charge in [-0.3, -0.25) is 4.55 Å². The maximum atomic E-state index is 10.4. The van der Waals surface area contributed by atoms with Crippen LogP contribution < -0.4 is 0 Å². The predicted molar refractivity (Wildman–Crippen MR) is 36.3 cm³/mol. The Hall–Kier alpha value is 0.200. The molecule has 0 rings (SSSR count). The van der Waals surface area contributed by atoms with Crippen LogP contribution in [0.1, 0.15) is 13.8 Å². The Morgan fingerprint density at radius 2 is 1.89 bits per heavy atom. The number of rotatable bonds is 2. The van der Waals surface area contributed by atoms with Crippen molar-refractivity contribution in [3.05, 3.63) is 0 Å². The highest BCUT2D eigenvalue weighted by Gasteiger charge is 2.31. The lowest BCUT2D eigenvalue weighted by Crippen LogP contribution is -2.32. The highest BCUT2D eigenvalue weighted by Crippen LogP contribution is 2.15. The summed E-state index contributed by atoms with van der Waals surface area (Å²) in [4.78, 5) is 0. The summed E-state index contributed by atoms with van der Waals surface area (Å²) < 4.78 is 27.9. The number of hydrogen-bond acceptors (Lipinski definition) is 2. The van der Waals surface area contributed by atoms with Crippen LogP contribution >= 0.6 is 11.6 Å². The molecule has 0 aliphatic carbocycles. The van der Waals surface area contributed by atoms with Gasteiger partial charge in [0, 0.05) is 5.88 Å². The molecule has 0 heterocycles. The van der Waals surface area contributed by atoms with Crippen molar-refractivity contribution in [2.24, 2.45) is 0 Å². The Bertz CT molecular complexity index is 182. The van der Waals surface area contributed by atoms with E-state index in [1.165, 1.54) is 13.8 Å². The first-order valence-corrected chi connectivity index (χ1v) is 4.32. The van der Waals surface area contributed by atoms with E-state index in [0.29, 0.717) is 0 Å². The van der Waals surface area contributed by atoms with Crippen LogP contribution in [0.15, 0.2) is 0 Å². The summed E-state index contributed by atoms with van der Waals surface area (Å²) in [6, 6.07) is 0. The van der Waals surface area contributed by atoms with E-state index < -0.39 is 14.9 Å². The molecule has 0 atom stereocenters. The highest BCUT2D eigenvalue weighted by atomic mass is 35.5. The van der Waals surface area contributed by atoms with E-state index in [9.17, 15) is 8.42 Å². The minimum absolute atomic E-state index is 0.105. The Kier molecular flexibility index (Phi) is 2.49. The third-order valence-corrected chi connectivity index (χ3v) is 3.39. The van der Waals surface area contributed by atoms with Gasteiger partial charge in [0.2, 0.25) is 0 Å². The van der Waals surface area contributed by atoms with Gasteiger partial charge in [-0.1, -0.05) is 0 Å². The van der Waals surface area contributed by atoms with Crippen molar-refractivity contribution in [1.29, 1.82) is 0 Å². The molecule has 0 aromatic carbocycles. The van der Waals surface area contributed by atoms with Crippen LogP contribution in [0.3, 0.4) is 0 Å². The normalized spacial score (nSPS) is 13.8. The fourth-order valence-corrected chi connectivity index (χ4v) is 0.620. The second-order valence-electron chi connectivity index (χ2n) is 2.37. The van der Waals surface area contributed by atoms with Crippen LogP contribution in [0.2, 0.25) is 0 Å². The second kappa shape index (κ2) is 2.44. The van der Waals surface area contributed by atoms with Crippen molar-refractivity contribution in [2.75, 3.05) is 5.88 Å². The number of halogens is 1. The standard InChI is InChI=1S/C4H9ClO3S/c1-4(2,3-5)9(6,7)8/h3H2,1-2H3,(H,6,7,8). The fraction of sp³-hybridized carbons (Fsp3) is 1.00. The van der Waals surface area contributed by atoms with Crippen molar-refractivity contribution in [3.8, 4) is 0 Å². The van der Waals surface area contributed by atoms with E-state index in [1.807, 2.05) is 0 Å². The molecular formula is C4H9ClO3S. The van der Waals surface area contributed by atoms with E-state index in [2.05, 4.69) is 0 Å². The average Bonchev–Trinajstić information content (AvgIpc) is 1.64. The summed E-state index contributed by atoms with van der Waals surface area (Å²) in [6.07, 6.45) is 0. The van der Waals surface area contributed by atoms with Gasteiger partial charge in [0.15, 0.2) is 0 Å². The van der Waals surface area contributed by atoms with Crippen LogP contribution in [0.25, 0.3) is 0 Å². The van der Waals surface area contributed by atoms with Crippen molar-refractivity contribution >= 4 is 21.7 Å². The Morgan fingerprint density at radius 3 is 1.89 bits per heavy atom. The molecule has 0 aromatic heterocycles. The fourth-order valence-electron chi connectivity index (χ4n) is 0.0689. The molecule has 0 aromatic rings.